The SMILES string of the molecule is NCCC#Cc1ccc2cc(C(=O)Cl)ccc2c1. The van der Waals surface area contributed by atoms with Gasteiger partial charge in [-0.05, 0) is 46.6 Å². The third kappa shape index (κ3) is 2.89. The van der Waals surface area contributed by atoms with Gasteiger partial charge < -0.3 is 5.73 Å². The van der Waals surface area contributed by atoms with E-state index in [1.807, 2.05) is 24.3 Å². The summed E-state index contributed by atoms with van der Waals surface area (Å²) in [7, 11) is 0. The van der Waals surface area contributed by atoms with E-state index >= 15 is 0 Å². The Hall–Kier alpha value is -1.82. The zero-order chi connectivity index (χ0) is 13.0. The molecule has 0 atom stereocenters. The fourth-order valence-corrected chi connectivity index (χ4v) is 1.80. The first kappa shape index (κ1) is 12.6. The molecule has 2 nitrogen and oxygen atoms in total. The van der Waals surface area contributed by atoms with E-state index in [1.54, 1.807) is 12.1 Å². The second kappa shape index (κ2) is 5.68. The number of fused-ring (bicyclic) bond motifs is 1. The first-order valence-electron chi connectivity index (χ1n) is 5.63. The van der Waals surface area contributed by atoms with Crippen LogP contribution >= 0.6 is 11.6 Å². The molecule has 2 aromatic rings. The summed E-state index contributed by atoms with van der Waals surface area (Å²) >= 11 is 5.45. The van der Waals surface area contributed by atoms with E-state index in [1.165, 1.54) is 0 Å². The van der Waals surface area contributed by atoms with E-state index in [2.05, 4.69) is 11.8 Å². The topological polar surface area (TPSA) is 43.1 Å². The van der Waals surface area contributed by atoms with Crippen LogP contribution in [0.3, 0.4) is 0 Å². The Morgan fingerprint density at radius 2 is 1.89 bits per heavy atom. The molecule has 0 radical (unpaired) electrons. The number of benzene rings is 2. The normalized spacial score (nSPS) is 9.89. The number of hydrogen-bond donors (Lipinski definition) is 1. The fourth-order valence-electron chi connectivity index (χ4n) is 1.68. The van der Waals surface area contributed by atoms with Gasteiger partial charge in [-0.15, -0.1) is 0 Å². The Morgan fingerprint density at radius 1 is 1.17 bits per heavy atom. The van der Waals surface area contributed by atoms with Crippen molar-refractivity contribution >= 4 is 27.6 Å². The molecule has 0 bridgehead atoms. The molecule has 0 aliphatic rings. The molecule has 0 spiro atoms. The van der Waals surface area contributed by atoms with Crippen LogP contribution in [-0.4, -0.2) is 11.8 Å². The van der Waals surface area contributed by atoms with Crippen molar-refractivity contribution in [2.45, 2.75) is 6.42 Å². The number of carbonyl (C=O) groups excluding carboxylic acids is 1. The van der Waals surface area contributed by atoms with Crippen LogP contribution in [0.4, 0.5) is 0 Å². The lowest BCUT2D eigenvalue weighted by atomic mass is 10.0. The van der Waals surface area contributed by atoms with Crippen molar-refractivity contribution in [3.63, 3.8) is 0 Å². The second-order valence-electron chi connectivity index (χ2n) is 3.89. The summed E-state index contributed by atoms with van der Waals surface area (Å²) in [6, 6.07) is 11.2. The molecule has 0 saturated carbocycles. The molecule has 0 fully saturated rings. The molecule has 0 aromatic heterocycles. The van der Waals surface area contributed by atoms with E-state index < -0.39 is 5.24 Å². The summed E-state index contributed by atoms with van der Waals surface area (Å²) in [5, 5.41) is 1.57. The van der Waals surface area contributed by atoms with E-state index in [4.69, 9.17) is 17.3 Å². The quantitative estimate of drug-likeness (QED) is 0.664. The molecule has 0 unspecified atom stereocenters. The van der Waals surface area contributed by atoms with Gasteiger partial charge in [-0.25, -0.2) is 0 Å². The maximum Gasteiger partial charge on any atom is 0.252 e. The van der Waals surface area contributed by atoms with Crippen molar-refractivity contribution in [3.8, 4) is 11.8 Å². The number of hydrogen-bond acceptors (Lipinski definition) is 2. The van der Waals surface area contributed by atoms with Crippen LogP contribution in [-0.2, 0) is 0 Å². The van der Waals surface area contributed by atoms with Gasteiger partial charge in [0.05, 0.1) is 0 Å². The molecule has 0 aliphatic carbocycles. The standard InChI is InChI=1S/C15H12ClNO/c16-15(18)14-7-6-12-9-11(3-1-2-8-17)4-5-13(12)10-14/h4-7,9-10H,2,8,17H2. The monoisotopic (exact) mass is 257 g/mol. The van der Waals surface area contributed by atoms with Gasteiger partial charge in [-0.2, -0.15) is 0 Å². The molecule has 2 N–H and O–H groups in total. The molecule has 18 heavy (non-hydrogen) atoms. The zero-order valence-electron chi connectivity index (χ0n) is 9.74. The maximum atomic E-state index is 11.1. The molecule has 0 amide bonds. The minimum atomic E-state index is -0.441. The minimum absolute atomic E-state index is 0.441. The zero-order valence-corrected chi connectivity index (χ0v) is 10.5. The summed E-state index contributed by atoms with van der Waals surface area (Å²) in [6.07, 6.45) is 0.692. The van der Waals surface area contributed by atoms with Crippen LogP contribution in [0.25, 0.3) is 10.8 Å². The highest BCUT2D eigenvalue weighted by atomic mass is 35.5. The Balaban J connectivity index is 2.39. The Kier molecular flexibility index (Phi) is 3.99. The lowest BCUT2D eigenvalue weighted by Gasteiger charge is -2.00. The van der Waals surface area contributed by atoms with Crippen LogP contribution in [0.5, 0.6) is 0 Å². The number of carbonyl (C=O) groups is 1. The smallest absolute Gasteiger partial charge is 0.252 e. The molecule has 2 rings (SSSR count). The highest BCUT2D eigenvalue weighted by Crippen LogP contribution is 2.18. The van der Waals surface area contributed by atoms with Crippen LogP contribution in [0.2, 0.25) is 0 Å². The lowest BCUT2D eigenvalue weighted by Crippen LogP contribution is -1.95. The first-order valence-corrected chi connectivity index (χ1v) is 6.01. The third-order valence-electron chi connectivity index (χ3n) is 2.57. The fraction of sp³-hybridized carbons (Fsp3) is 0.133. The van der Waals surface area contributed by atoms with Crippen molar-refractivity contribution in [2.75, 3.05) is 6.54 Å². The van der Waals surface area contributed by atoms with Gasteiger partial charge in [0.1, 0.15) is 0 Å². The van der Waals surface area contributed by atoms with E-state index in [-0.39, 0.29) is 0 Å². The van der Waals surface area contributed by atoms with Gasteiger partial charge in [0, 0.05) is 24.1 Å². The Bertz CT molecular complexity index is 652. The second-order valence-corrected chi connectivity index (χ2v) is 4.23. The summed E-state index contributed by atoms with van der Waals surface area (Å²) in [5.74, 6) is 6.05. The van der Waals surface area contributed by atoms with E-state index in [0.717, 1.165) is 16.3 Å². The van der Waals surface area contributed by atoms with Gasteiger partial charge in [0.15, 0.2) is 0 Å². The highest BCUT2D eigenvalue weighted by Gasteiger charge is 2.02. The Labute approximate surface area is 111 Å². The van der Waals surface area contributed by atoms with Gasteiger partial charge >= 0.3 is 0 Å². The van der Waals surface area contributed by atoms with Gasteiger partial charge in [0.2, 0.25) is 0 Å². The molecule has 0 heterocycles. The number of rotatable bonds is 2. The average molecular weight is 258 g/mol. The molecule has 0 aliphatic heterocycles. The third-order valence-corrected chi connectivity index (χ3v) is 2.79. The summed E-state index contributed by atoms with van der Waals surface area (Å²) in [4.78, 5) is 11.1. The Morgan fingerprint density at radius 3 is 2.61 bits per heavy atom. The van der Waals surface area contributed by atoms with Crippen LogP contribution < -0.4 is 5.73 Å². The molecular weight excluding hydrogens is 246 g/mol. The van der Waals surface area contributed by atoms with Gasteiger partial charge in [-0.3, -0.25) is 4.79 Å². The average Bonchev–Trinajstić information content (AvgIpc) is 2.38. The van der Waals surface area contributed by atoms with Crippen molar-refractivity contribution in [3.05, 3.63) is 47.5 Å². The summed E-state index contributed by atoms with van der Waals surface area (Å²) in [5.41, 5.74) is 6.83. The first-order chi connectivity index (χ1) is 8.70. The summed E-state index contributed by atoms with van der Waals surface area (Å²) < 4.78 is 0. The maximum absolute atomic E-state index is 11.1. The number of halogens is 1. The van der Waals surface area contributed by atoms with Crippen LogP contribution in [0.15, 0.2) is 36.4 Å². The van der Waals surface area contributed by atoms with Crippen LogP contribution in [0.1, 0.15) is 22.3 Å². The predicted octanol–water partition coefficient (Wildman–Crippen LogP) is 2.92. The van der Waals surface area contributed by atoms with Crippen molar-refractivity contribution < 1.29 is 4.79 Å². The molecule has 90 valence electrons. The molecule has 2 aromatic carbocycles. The minimum Gasteiger partial charge on any atom is -0.330 e. The van der Waals surface area contributed by atoms with Gasteiger partial charge in [-0.1, -0.05) is 24.0 Å². The predicted molar refractivity (Wildman–Crippen MR) is 74.7 cm³/mol. The molecule has 3 heteroatoms. The van der Waals surface area contributed by atoms with Crippen LogP contribution in [0, 0.1) is 11.8 Å². The molecule has 0 saturated heterocycles. The summed E-state index contributed by atoms with van der Waals surface area (Å²) in [6.45, 7) is 0.571. The molecular formula is C15H12ClNO. The largest absolute Gasteiger partial charge is 0.330 e. The number of nitrogens with two attached hydrogens (primary N) is 1. The van der Waals surface area contributed by atoms with E-state index in [9.17, 15) is 4.79 Å². The van der Waals surface area contributed by atoms with Crippen molar-refractivity contribution in [1.29, 1.82) is 0 Å². The van der Waals surface area contributed by atoms with Gasteiger partial charge in [0.25, 0.3) is 5.24 Å². The van der Waals surface area contributed by atoms with Crippen molar-refractivity contribution in [1.82, 2.24) is 0 Å². The van der Waals surface area contributed by atoms with Crippen molar-refractivity contribution in [2.24, 2.45) is 5.73 Å². The lowest BCUT2D eigenvalue weighted by molar-refractivity contribution is 0.108. The highest BCUT2D eigenvalue weighted by molar-refractivity contribution is 6.67. The van der Waals surface area contributed by atoms with E-state index in [0.29, 0.717) is 18.5 Å².